The Labute approximate surface area is 157 Å². The van der Waals surface area contributed by atoms with Crippen molar-refractivity contribution in [2.45, 2.75) is 26.2 Å². The van der Waals surface area contributed by atoms with Crippen LogP contribution in [0.25, 0.3) is 4.86 Å². The molecule has 1 aliphatic rings. The molecule has 26 heavy (non-hydrogen) atoms. The lowest BCUT2D eigenvalue weighted by molar-refractivity contribution is 0.228. The summed E-state index contributed by atoms with van der Waals surface area (Å²) in [6.45, 7) is 4.27. The van der Waals surface area contributed by atoms with E-state index in [9.17, 15) is 4.57 Å². The van der Waals surface area contributed by atoms with E-state index in [1.807, 2.05) is 38.1 Å². The van der Waals surface area contributed by atoms with Crippen LogP contribution in [0.15, 0.2) is 60.7 Å². The third-order valence-corrected chi connectivity index (χ3v) is 10.8. The van der Waals surface area contributed by atoms with Crippen molar-refractivity contribution in [3.63, 3.8) is 0 Å². The highest BCUT2D eigenvalue weighted by molar-refractivity contribution is 7.95. The summed E-state index contributed by atoms with van der Waals surface area (Å²) in [5.41, 5.74) is 1.28. The molecule has 0 amide bonds. The molecule has 1 fully saturated rings. The molecule has 1 saturated heterocycles. The van der Waals surface area contributed by atoms with E-state index in [-0.39, 0.29) is 0 Å². The van der Waals surface area contributed by atoms with E-state index in [4.69, 9.17) is 13.9 Å². The molecule has 2 atom stereocenters. The Morgan fingerprint density at radius 3 is 2.19 bits per heavy atom. The quantitative estimate of drug-likeness (QED) is 0.401. The fraction of sp³-hybridized carbons (Fsp3) is 0.350. The van der Waals surface area contributed by atoms with E-state index in [0.717, 1.165) is 17.9 Å². The van der Waals surface area contributed by atoms with Crippen molar-refractivity contribution in [1.82, 2.24) is 0 Å². The maximum atomic E-state index is 13.2. The standard InChI is InChI=1S/C20H26NO3P2/c1-3-23-26(22,24-4-2)21-25(20-13-9-6-10-14-20)16-15-19(17-25)18-11-7-5-8-12-18/h5-14,17,19H,3-4,15-16H2,1-2H3/q-1. The zero-order valence-corrected chi connectivity index (χ0v) is 17.1. The minimum atomic E-state index is -3.47. The van der Waals surface area contributed by atoms with E-state index >= 15 is 0 Å². The summed E-state index contributed by atoms with van der Waals surface area (Å²) in [6, 6.07) is 20.7. The summed E-state index contributed by atoms with van der Waals surface area (Å²) < 4.78 is 24.2. The average molecular weight is 390 g/mol. The van der Waals surface area contributed by atoms with Gasteiger partial charge in [0.25, 0.3) is 7.75 Å². The second kappa shape index (κ2) is 8.78. The van der Waals surface area contributed by atoms with Crippen LogP contribution in [0.2, 0.25) is 0 Å². The number of hydrogen-bond donors (Lipinski definition) is 0. The highest BCUT2D eigenvalue weighted by atomic mass is 31.3. The Bertz CT molecular complexity index is 731. The van der Waals surface area contributed by atoms with Crippen LogP contribution in [-0.2, 0) is 13.6 Å². The molecule has 0 aliphatic carbocycles. The summed E-state index contributed by atoms with van der Waals surface area (Å²) in [5.74, 6) is 0.310. The minimum Gasteiger partial charge on any atom is -0.405 e. The number of benzene rings is 2. The van der Waals surface area contributed by atoms with Crippen LogP contribution in [0.3, 0.4) is 0 Å². The van der Waals surface area contributed by atoms with Crippen molar-refractivity contribution in [3.8, 4) is 0 Å². The van der Waals surface area contributed by atoms with Crippen LogP contribution in [0.5, 0.6) is 0 Å². The van der Waals surface area contributed by atoms with Gasteiger partial charge in [-0.2, -0.15) is 13.6 Å². The molecule has 3 rings (SSSR count). The van der Waals surface area contributed by atoms with Crippen molar-refractivity contribution < 1.29 is 13.6 Å². The molecular formula is C20H26NO3P2-. The van der Waals surface area contributed by atoms with Crippen molar-refractivity contribution in [3.05, 3.63) is 77.2 Å². The van der Waals surface area contributed by atoms with E-state index in [0.29, 0.717) is 19.1 Å². The van der Waals surface area contributed by atoms with E-state index < -0.39 is 15.2 Å². The van der Waals surface area contributed by atoms with Gasteiger partial charge in [0.2, 0.25) is 0 Å². The van der Waals surface area contributed by atoms with Crippen LogP contribution in [0.4, 0.5) is 0 Å². The first-order valence-electron chi connectivity index (χ1n) is 9.09. The normalized spacial score (nSPS) is 23.2. The van der Waals surface area contributed by atoms with Crippen LogP contribution in [-0.4, -0.2) is 19.4 Å². The predicted molar refractivity (Wildman–Crippen MR) is 110 cm³/mol. The van der Waals surface area contributed by atoms with Crippen molar-refractivity contribution in [2.75, 3.05) is 19.4 Å². The molecule has 1 heterocycles. The van der Waals surface area contributed by atoms with Crippen LogP contribution >= 0.6 is 15.2 Å². The molecule has 140 valence electrons. The third kappa shape index (κ3) is 4.44. The molecule has 1 aliphatic heterocycles. The predicted octanol–water partition coefficient (Wildman–Crippen LogP) is 6.15. The molecular weight excluding hydrogens is 364 g/mol. The molecule has 0 spiro atoms. The van der Waals surface area contributed by atoms with Gasteiger partial charge < -0.3 is 13.9 Å². The second-order valence-electron chi connectivity index (χ2n) is 6.23. The lowest BCUT2D eigenvalue weighted by atomic mass is 9.99. The first-order valence-corrected chi connectivity index (χ1v) is 12.6. The Hall–Kier alpha value is -1.02. The van der Waals surface area contributed by atoms with Gasteiger partial charge in [-0.1, -0.05) is 54.1 Å². The first-order chi connectivity index (χ1) is 12.6. The summed E-state index contributed by atoms with van der Waals surface area (Å²) in [5, 5.41) is 1.14. The average Bonchev–Trinajstić information content (AvgIpc) is 3.08. The smallest absolute Gasteiger partial charge is 0.270 e. The molecule has 0 saturated carbocycles. The minimum absolute atomic E-state index is 0.310. The topological polar surface area (TPSA) is 49.6 Å². The van der Waals surface area contributed by atoms with Crippen molar-refractivity contribution in [2.24, 2.45) is 0 Å². The molecule has 0 aromatic heterocycles. The van der Waals surface area contributed by atoms with E-state index in [1.54, 1.807) is 0 Å². The Morgan fingerprint density at radius 2 is 1.62 bits per heavy atom. The van der Waals surface area contributed by atoms with Gasteiger partial charge in [-0.05, 0) is 32.4 Å². The Balaban J connectivity index is 1.93. The number of rotatable bonds is 8. The van der Waals surface area contributed by atoms with Gasteiger partial charge in [-0.15, -0.1) is 5.92 Å². The highest BCUT2D eigenvalue weighted by Gasteiger charge is 2.36. The molecule has 6 heteroatoms. The number of nitrogens with zero attached hydrogens (tertiary/aromatic N) is 1. The molecule has 0 N–H and O–H groups in total. The van der Waals surface area contributed by atoms with E-state index in [1.165, 1.54) is 5.56 Å². The summed E-state index contributed by atoms with van der Waals surface area (Å²) in [6.07, 6.45) is 4.21. The zero-order valence-electron chi connectivity index (χ0n) is 15.3. The zero-order chi connectivity index (χ0) is 18.5. The third-order valence-electron chi connectivity index (χ3n) is 4.49. The fourth-order valence-corrected chi connectivity index (χ4v) is 9.94. The largest absolute Gasteiger partial charge is 0.405 e. The van der Waals surface area contributed by atoms with Gasteiger partial charge in [0.1, 0.15) is 0 Å². The summed E-state index contributed by atoms with van der Waals surface area (Å²) in [7, 11) is -5.59. The molecule has 2 aromatic carbocycles. The van der Waals surface area contributed by atoms with Gasteiger partial charge in [-0.3, -0.25) is 4.57 Å². The van der Waals surface area contributed by atoms with Crippen molar-refractivity contribution in [1.29, 1.82) is 0 Å². The van der Waals surface area contributed by atoms with Gasteiger partial charge >= 0.3 is 0 Å². The van der Waals surface area contributed by atoms with Gasteiger partial charge in [-0.25, -0.2) is 0 Å². The van der Waals surface area contributed by atoms with E-state index in [2.05, 4.69) is 42.6 Å². The van der Waals surface area contributed by atoms with Gasteiger partial charge in [0.15, 0.2) is 0 Å². The monoisotopic (exact) mass is 390 g/mol. The van der Waals surface area contributed by atoms with Gasteiger partial charge in [0.05, 0.1) is 18.5 Å². The maximum absolute atomic E-state index is 13.2. The SMILES string of the molecule is CCOP(=O)([N-][P+]1(c2ccccc2)[CH-]C(c2ccccc2)CC1)OCC. The molecule has 4 nitrogen and oxygen atoms in total. The second-order valence-corrected chi connectivity index (χ2v) is 11.3. The number of hydrogen-bond acceptors (Lipinski definition) is 3. The fourth-order valence-electron chi connectivity index (χ4n) is 3.37. The highest BCUT2D eigenvalue weighted by Crippen LogP contribution is 2.82. The molecule has 0 bridgehead atoms. The van der Waals surface area contributed by atoms with Crippen LogP contribution < -0.4 is 5.30 Å². The van der Waals surface area contributed by atoms with Crippen molar-refractivity contribution >= 4 is 20.5 Å². The summed E-state index contributed by atoms with van der Waals surface area (Å²) >= 11 is 0. The molecule has 2 aromatic rings. The summed E-state index contributed by atoms with van der Waals surface area (Å²) in [4.78, 5) is 4.83. The molecule has 0 radical (unpaired) electrons. The maximum Gasteiger partial charge on any atom is 0.270 e. The van der Waals surface area contributed by atoms with Gasteiger partial charge in [0, 0.05) is 6.16 Å². The van der Waals surface area contributed by atoms with Crippen LogP contribution in [0.1, 0.15) is 31.7 Å². The lowest BCUT2D eigenvalue weighted by Gasteiger charge is -2.46. The Morgan fingerprint density at radius 1 is 1.04 bits per heavy atom. The lowest BCUT2D eigenvalue weighted by Crippen LogP contribution is -2.11. The first kappa shape index (κ1) is 19.7. The molecule has 2 unspecified atom stereocenters. The Kier molecular flexibility index (Phi) is 6.66. The van der Waals surface area contributed by atoms with Crippen LogP contribution in [0, 0.1) is 6.16 Å².